The molecular weight excluding hydrogens is 320 g/mol. The number of aromatic hydroxyl groups is 1. The van der Waals surface area contributed by atoms with Gasteiger partial charge in [0, 0.05) is 22.0 Å². The number of benzene rings is 3. The van der Waals surface area contributed by atoms with Crippen molar-refractivity contribution in [2.75, 3.05) is 17.2 Å². The summed E-state index contributed by atoms with van der Waals surface area (Å²) in [5, 5.41) is 16.9. The molecule has 0 aromatic heterocycles. The second-order valence-electron chi connectivity index (χ2n) is 5.68. The molecule has 0 saturated heterocycles. The minimum absolute atomic E-state index is 0.0297. The SMILES string of the molecule is O=C1COc2ccc(C(=O)Nc3cccc4c(O)cccc34)cc2N1. The van der Waals surface area contributed by atoms with Gasteiger partial charge in [-0.2, -0.15) is 0 Å². The number of hydrogen-bond acceptors (Lipinski definition) is 4. The van der Waals surface area contributed by atoms with Crippen molar-refractivity contribution in [1.82, 2.24) is 0 Å². The molecule has 0 aliphatic carbocycles. The van der Waals surface area contributed by atoms with Gasteiger partial charge in [0.25, 0.3) is 11.8 Å². The zero-order valence-electron chi connectivity index (χ0n) is 13.1. The van der Waals surface area contributed by atoms with Crippen LogP contribution in [0, 0.1) is 0 Å². The van der Waals surface area contributed by atoms with Crippen LogP contribution in [0.15, 0.2) is 54.6 Å². The lowest BCUT2D eigenvalue weighted by atomic mass is 10.1. The Kier molecular flexibility index (Phi) is 3.50. The summed E-state index contributed by atoms with van der Waals surface area (Å²) in [6, 6.07) is 15.3. The molecular formula is C19H14N2O4. The van der Waals surface area contributed by atoms with Gasteiger partial charge in [0.05, 0.1) is 5.69 Å². The lowest BCUT2D eigenvalue weighted by Gasteiger charge is -2.18. The van der Waals surface area contributed by atoms with Crippen LogP contribution in [0.4, 0.5) is 11.4 Å². The summed E-state index contributed by atoms with van der Waals surface area (Å²) >= 11 is 0. The number of carbonyl (C=O) groups is 2. The van der Waals surface area contributed by atoms with E-state index in [0.717, 1.165) is 5.39 Å². The topological polar surface area (TPSA) is 87.7 Å². The van der Waals surface area contributed by atoms with Crippen molar-refractivity contribution in [2.24, 2.45) is 0 Å². The van der Waals surface area contributed by atoms with E-state index in [-0.39, 0.29) is 24.2 Å². The first kappa shape index (κ1) is 15.0. The Morgan fingerprint density at radius 1 is 1.08 bits per heavy atom. The number of nitrogens with one attached hydrogen (secondary N) is 2. The molecule has 1 aliphatic heterocycles. The highest BCUT2D eigenvalue weighted by Crippen LogP contribution is 2.31. The van der Waals surface area contributed by atoms with Gasteiger partial charge in [-0.25, -0.2) is 0 Å². The number of ether oxygens (including phenoxy) is 1. The zero-order chi connectivity index (χ0) is 17.4. The Morgan fingerprint density at radius 3 is 2.76 bits per heavy atom. The van der Waals surface area contributed by atoms with Gasteiger partial charge in [0.15, 0.2) is 6.61 Å². The average Bonchev–Trinajstić information content (AvgIpc) is 2.62. The Morgan fingerprint density at radius 2 is 1.88 bits per heavy atom. The zero-order valence-corrected chi connectivity index (χ0v) is 13.1. The normalized spacial score (nSPS) is 12.9. The highest BCUT2D eigenvalue weighted by molar-refractivity contribution is 6.10. The molecule has 6 heteroatoms. The summed E-state index contributed by atoms with van der Waals surface area (Å²) in [7, 11) is 0. The predicted molar refractivity (Wildman–Crippen MR) is 94.1 cm³/mol. The Bertz CT molecular complexity index is 1010. The van der Waals surface area contributed by atoms with E-state index in [9.17, 15) is 14.7 Å². The van der Waals surface area contributed by atoms with Crippen LogP contribution in [-0.2, 0) is 4.79 Å². The number of rotatable bonds is 2. The maximum absolute atomic E-state index is 12.6. The Balaban J connectivity index is 1.66. The number of hydrogen-bond donors (Lipinski definition) is 3. The molecule has 2 amide bonds. The molecule has 0 unspecified atom stereocenters. The van der Waals surface area contributed by atoms with Crippen molar-refractivity contribution in [3.63, 3.8) is 0 Å². The summed E-state index contributed by atoms with van der Waals surface area (Å²) in [6.45, 7) is -0.0297. The van der Waals surface area contributed by atoms with E-state index < -0.39 is 0 Å². The van der Waals surface area contributed by atoms with Crippen LogP contribution < -0.4 is 15.4 Å². The largest absolute Gasteiger partial charge is 0.507 e. The third-order valence-corrected chi connectivity index (χ3v) is 4.02. The fraction of sp³-hybridized carbons (Fsp3) is 0.0526. The van der Waals surface area contributed by atoms with Crippen molar-refractivity contribution in [1.29, 1.82) is 0 Å². The molecule has 0 radical (unpaired) electrons. The van der Waals surface area contributed by atoms with Crippen molar-refractivity contribution >= 4 is 34.0 Å². The third kappa shape index (κ3) is 2.74. The van der Waals surface area contributed by atoms with E-state index in [4.69, 9.17) is 4.74 Å². The smallest absolute Gasteiger partial charge is 0.262 e. The summed E-state index contributed by atoms with van der Waals surface area (Å²) in [4.78, 5) is 24.0. The van der Waals surface area contributed by atoms with Gasteiger partial charge in [0.1, 0.15) is 11.5 Å². The number of fused-ring (bicyclic) bond motifs is 2. The second kappa shape index (κ2) is 5.83. The van der Waals surface area contributed by atoms with Crippen LogP contribution in [0.2, 0.25) is 0 Å². The average molecular weight is 334 g/mol. The van der Waals surface area contributed by atoms with Gasteiger partial charge in [-0.3, -0.25) is 9.59 Å². The minimum atomic E-state index is -0.321. The number of amides is 2. The molecule has 0 fully saturated rings. The first-order valence-corrected chi connectivity index (χ1v) is 7.70. The lowest BCUT2D eigenvalue weighted by Crippen LogP contribution is -2.25. The van der Waals surface area contributed by atoms with E-state index in [0.29, 0.717) is 28.1 Å². The quantitative estimate of drug-likeness (QED) is 0.672. The van der Waals surface area contributed by atoms with Crippen LogP contribution in [0.3, 0.4) is 0 Å². The summed E-state index contributed by atoms with van der Waals surface area (Å²) < 4.78 is 5.29. The molecule has 0 saturated carbocycles. The summed E-state index contributed by atoms with van der Waals surface area (Å²) in [6.07, 6.45) is 0. The van der Waals surface area contributed by atoms with E-state index in [1.54, 1.807) is 48.5 Å². The Labute approximate surface area is 143 Å². The van der Waals surface area contributed by atoms with Crippen molar-refractivity contribution in [2.45, 2.75) is 0 Å². The molecule has 3 N–H and O–H groups in total. The van der Waals surface area contributed by atoms with Gasteiger partial charge in [0.2, 0.25) is 0 Å². The predicted octanol–water partition coefficient (Wildman–Crippen LogP) is 3.13. The molecule has 1 aliphatic rings. The first-order valence-electron chi connectivity index (χ1n) is 7.70. The van der Waals surface area contributed by atoms with Crippen LogP contribution in [0.1, 0.15) is 10.4 Å². The molecule has 124 valence electrons. The fourth-order valence-electron chi connectivity index (χ4n) is 2.82. The number of phenols is 1. The lowest BCUT2D eigenvalue weighted by molar-refractivity contribution is -0.118. The minimum Gasteiger partial charge on any atom is -0.507 e. The van der Waals surface area contributed by atoms with Crippen molar-refractivity contribution < 1.29 is 19.4 Å². The van der Waals surface area contributed by atoms with Gasteiger partial charge >= 0.3 is 0 Å². The van der Waals surface area contributed by atoms with Gasteiger partial charge in [-0.15, -0.1) is 0 Å². The van der Waals surface area contributed by atoms with E-state index in [1.807, 2.05) is 6.07 Å². The maximum Gasteiger partial charge on any atom is 0.262 e. The second-order valence-corrected chi connectivity index (χ2v) is 5.68. The molecule has 0 atom stereocenters. The van der Waals surface area contributed by atoms with E-state index in [2.05, 4.69) is 10.6 Å². The molecule has 4 rings (SSSR count). The van der Waals surface area contributed by atoms with E-state index in [1.165, 1.54) is 0 Å². The monoisotopic (exact) mass is 334 g/mol. The highest BCUT2D eigenvalue weighted by Gasteiger charge is 2.18. The number of carbonyl (C=O) groups excluding carboxylic acids is 2. The van der Waals surface area contributed by atoms with Crippen LogP contribution in [-0.4, -0.2) is 23.5 Å². The molecule has 1 heterocycles. The number of phenolic OH excluding ortho intramolecular Hbond substituents is 1. The van der Waals surface area contributed by atoms with Gasteiger partial charge < -0.3 is 20.5 Å². The Hall–Kier alpha value is -3.54. The van der Waals surface area contributed by atoms with E-state index >= 15 is 0 Å². The van der Waals surface area contributed by atoms with Crippen LogP contribution >= 0.6 is 0 Å². The molecule has 0 bridgehead atoms. The van der Waals surface area contributed by atoms with Gasteiger partial charge in [-0.1, -0.05) is 24.3 Å². The highest BCUT2D eigenvalue weighted by atomic mass is 16.5. The first-order chi connectivity index (χ1) is 12.1. The van der Waals surface area contributed by atoms with Crippen LogP contribution in [0.5, 0.6) is 11.5 Å². The van der Waals surface area contributed by atoms with Crippen molar-refractivity contribution in [3.05, 3.63) is 60.2 Å². The third-order valence-electron chi connectivity index (χ3n) is 4.02. The molecule has 6 nitrogen and oxygen atoms in total. The summed E-state index contributed by atoms with van der Waals surface area (Å²) in [5.41, 5.74) is 1.46. The van der Waals surface area contributed by atoms with Crippen molar-refractivity contribution in [3.8, 4) is 11.5 Å². The van der Waals surface area contributed by atoms with Crippen LogP contribution in [0.25, 0.3) is 10.8 Å². The molecule has 3 aromatic rings. The molecule has 3 aromatic carbocycles. The molecule has 25 heavy (non-hydrogen) atoms. The number of anilines is 2. The maximum atomic E-state index is 12.6. The van der Waals surface area contributed by atoms with Gasteiger partial charge in [-0.05, 0) is 30.3 Å². The fourth-order valence-corrected chi connectivity index (χ4v) is 2.82. The molecule has 0 spiro atoms. The standard InChI is InChI=1S/C19H14N2O4/c22-16-6-2-3-12-13(16)4-1-5-14(12)21-19(24)11-7-8-17-15(9-11)20-18(23)10-25-17/h1-9,22H,10H2,(H,20,23)(H,21,24). The summed E-state index contributed by atoms with van der Waals surface area (Å²) in [5.74, 6) is 0.113.